The highest BCUT2D eigenvalue weighted by atomic mass is 16.4. The van der Waals surface area contributed by atoms with Gasteiger partial charge in [-0.2, -0.15) is 0 Å². The Morgan fingerprint density at radius 3 is 1.40 bits per heavy atom. The van der Waals surface area contributed by atoms with E-state index in [-0.39, 0.29) is 0 Å². The minimum absolute atomic E-state index is 0.342. The molecule has 0 radical (unpaired) electrons. The van der Waals surface area contributed by atoms with Crippen molar-refractivity contribution in [2.24, 2.45) is 0 Å². The lowest BCUT2D eigenvalue weighted by Crippen LogP contribution is -1.93. The van der Waals surface area contributed by atoms with Crippen molar-refractivity contribution in [3.63, 3.8) is 0 Å². The van der Waals surface area contributed by atoms with Crippen molar-refractivity contribution in [3.05, 3.63) is 12.7 Å². The highest BCUT2D eigenvalue weighted by molar-refractivity contribution is 5.66. The van der Waals surface area contributed by atoms with E-state index in [4.69, 9.17) is 5.11 Å². The summed E-state index contributed by atoms with van der Waals surface area (Å²) in [6, 6.07) is 0. The van der Waals surface area contributed by atoms with Gasteiger partial charge in [0.05, 0.1) is 0 Å². The van der Waals surface area contributed by atoms with Gasteiger partial charge < -0.3 is 5.11 Å². The van der Waals surface area contributed by atoms with Crippen molar-refractivity contribution in [2.45, 2.75) is 129 Å². The van der Waals surface area contributed by atoms with Crippen LogP contribution in [0.5, 0.6) is 0 Å². The third-order valence-corrected chi connectivity index (χ3v) is 4.51. The van der Waals surface area contributed by atoms with Gasteiger partial charge in [-0.05, 0) is 19.3 Å². The van der Waals surface area contributed by atoms with E-state index in [9.17, 15) is 4.79 Å². The molecule has 0 atom stereocenters. The van der Waals surface area contributed by atoms with E-state index in [0.29, 0.717) is 6.42 Å². The summed E-state index contributed by atoms with van der Waals surface area (Å²) in [5.74, 6) is -0.661. The standard InChI is InChI=1S/C12H24.C11H22O2/c1-3-5-7-9-11-12-10-8-6-4-2;1-2-3-4-5-6-7-8-9-10-11(12)13/h3H,1,4-12H2,2H3;2-10H2,1H3,(H,12,13). The zero-order valence-electron chi connectivity index (χ0n) is 17.4. The molecule has 2 heteroatoms. The van der Waals surface area contributed by atoms with E-state index in [1.807, 2.05) is 6.08 Å². The maximum Gasteiger partial charge on any atom is 0.303 e. The van der Waals surface area contributed by atoms with Crippen LogP contribution in [0.4, 0.5) is 0 Å². The normalized spacial score (nSPS) is 10.2. The Kier molecular flexibility index (Phi) is 26.9. The van der Waals surface area contributed by atoms with Crippen LogP contribution in [-0.4, -0.2) is 11.1 Å². The lowest BCUT2D eigenvalue weighted by Gasteiger charge is -1.99. The molecule has 0 aromatic rings. The monoisotopic (exact) mass is 354 g/mol. The Morgan fingerprint density at radius 2 is 1.04 bits per heavy atom. The third-order valence-electron chi connectivity index (χ3n) is 4.51. The zero-order chi connectivity index (χ0) is 19.0. The smallest absolute Gasteiger partial charge is 0.303 e. The van der Waals surface area contributed by atoms with E-state index in [1.54, 1.807) is 0 Å². The van der Waals surface area contributed by atoms with Crippen LogP contribution in [0.25, 0.3) is 0 Å². The van der Waals surface area contributed by atoms with Crippen LogP contribution < -0.4 is 0 Å². The van der Waals surface area contributed by atoms with Gasteiger partial charge in [0.2, 0.25) is 0 Å². The van der Waals surface area contributed by atoms with Crippen molar-refractivity contribution in [1.29, 1.82) is 0 Å². The molecule has 0 rings (SSSR count). The third kappa shape index (κ3) is 31.5. The lowest BCUT2D eigenvalue weighted by molar-refractivity contribution is -0.137. The highest BCUT2D eigenvalue weighted by Crippen LogP contribution is 2.10. The molecule has 0 spiro atoms. The Hall–Kier alpha value is -0.790. The molecule has 25 heavy (non-hydrogen) atoms. The molecule has 0 aliphatic heterocycles. The van der Waals surface area contributed by atoms with Crippen molar-refractivity contribution in [2.75, 3.05) is 0 Å². The molecule has 0 bridgehead atoms. The number of rotatable bonds is 18. The summed E-state index contributed by atoms with van der Waals surface area (Å²) in [6.07, 6.45) is 24.6. The summed E-state index contributed by atoms with van der Waals surface area (Å²) in [5.41, 5.74) is 0. The second-order valence-corrected chi connectivity index (χ2v) is 7.17. The number of hydrogen-bond donors (Lipinski definition) is 1. The first-order valence-corrected chi connectivity index (χ1v) is 11.0. The SMILES string of the molecule is C=CCCCCCCCCCC.CCCCCCCCCCC(=O)O. The molecule has 2 nitrogen and oxygen atoms in total. The van der Waals surface area contributed by atoms with Gasteiger partial charge in [-0.3, -0.25) is 4.79 Å². The van der Waals surface area contributed by atoms with Crippen molar-refractivity contribution < 1.29 is 9.90 Å². The topological polar surface area (TPSA) is 37.3 Å². The van der Waals surface area contributed by atoms with Gasteiger partial charge in [0.25, 0.3) is 0 Å². The number of unbranched alkanes of at least 4 members (excludes halogenated alkanes) is 15. The van der Waals surface area contributed by atoms with Gasteiger partial charge in [0, 0.05) is 6.42 Å². The minimum Gasteiger partial charge on any atom is -0.481 e. The number of carboxylic acids is 1. The first-order chi connectivity index (χ1) is 12.2. The second kappa shape index (κ2) is 25.5. The lowest BCUT2D eigenvalue weighted by atomic mass is 10.1. The van der Waals surface area contributed by atoms with Crippen LogP contribution in [0.2, 0.25) is 0 Å². The summed E-state index contributed by atoms with van der Waals surface area (Å²) >= 11 is 0. The predicted molar refractivity (Wildman–Crippen MR) is 112 cm³/mol. The highest BCUT2D eigenvalue weighted by Gasteiger charge is 1.96. The van der Waals surface area contributed by atoms with Crippen molar-refractivity contribution in [3.8, 4) is 0 Å². The minimum atomic E-state index is -0.661. The van der Waals surface area contributed by atoms with Crippen LogP contribution >= 0.6 is 0 Å². The summed E-state index contributed by atoms with van der Waals surface area (Å²) in [5, 5.41) is 8.39. The molecule has 0 aliphatic carbocycles. The van der Waals surface area contributed by atoms with Crippen LogP contribution in [0.15, 0.2) is 12.7 Å². The van der Waals surface area contributed by atoms with E-state index >= 15 is 0 Å². The van der Waals surface area contributed by atoms with Gasteiger partial charge in [0.15, 0.2) is 0 Å². The average molecular weight is 355 g/mol. The zero-order valence-corrected chi connectivity index (χ0v) is 17.4. The molecular weight excluding hydrogens is 308 g/mol. The molecule has 0 heterocycles. The Labute approximate surface area is 158 Å². The van der Waals surface area contributed by atoms with Gasteiger partial charge in [-0.1, -0.05) is 110 Å². The number of aliphatic carboxylic acids is 1. The first kappa shape index (κ1) is 26.4. The Balaban J connectivity index is 0. The van der Waals surface area contributed by atoms with Crippen LogP contribution in [0.3, 0.4) is 0 Å². The van der Waals surface area contributed by atoms with E-state index in [2.05, 4.69) is 20.4 Å². The van der Waals surface area contributed by atoms with Gasteiger partial charge in [-0.15, -0.1) is 6.58 Å². The molecule has 0 amide bonds. The summed E-state index contributed by atoms with van der Waals surface area (Å²) in [4.78, 5) is 10.2. The van der Waals surface area contributed by atoms with Crippen molar-refractivity contribution in [1.82, 2.24) is 0 Å². The number of carboxylic acid groups (broad SMARTS) is 1. The molecule has 0 aliphatic rings. The maximum atomic E-state index is 10.2. The molecule has 150 valence electrons. The Morgan fingerprint density at radius 1 is 0.680 bits per heavy atom. The summed E-state index contributed by atoms with van der Waals surface area (Å²) in [6.45, 7) is 8.20. The Bertz CT molecular complexity index is 261. The van der Waals surface area contributed by atoms with Crippen LogP contribution in [0.1, 0.15) is 129 Å². The predicted octanol–water partition coefficient (Wildman–Crippen LogP) is 8.31. The van der Waals surface area contributed by atoms with E-state index in [0.717, 1.165) is 12.8 Å². The number of carbonyl (C=O) groups is 1. The van der Waals surface area contributed by atoms with Crippen LogP contribution in [-0.2, 0) is 4.79 Å². The molecule has 0 saturated heterocycles. The van der Waals surface area contributed by atoms with Crippen LogP contribution in [0, 0.1) is 0 Å². The van der Waals surface area contributed by atoms with Gasteiger partial charge in [-0.25, -0.2) is 0 Å². The van der Waals surface area contributed by atoms with Gasteiger partial charge >= 0.3 is 5.97 Å². The summed E-state index contributed by atoms with van der Waals surface area (Å²) in [7, 11) is 0. The molecule has 1 N–H and O–H groups in total. The molecule has 0 saturated carbocycles. The van der Waals surface area contributed by atoms with E-state index in [1.165, 1.54) is 96.3 Å². The molecule has 0 fully saturated rings. The van der Waals surface area contributed by atoms with E-state index < -0.39 is 5.97 Å². The molecule has 0 unspecified atom stereocenters. The largest absolute Gasteiger partial charge is 0.481 e. The number of allylic oxidation sites excluding steroid dienone is 1. The maximum absolute atomic E-state index is 10.2. The summed E-state index contributed by atoms with van der Waals surface area (Å²) < 4.78 is 0. The van der Waals surface area contributed by atoms with Crippen molar-refractivity contribution >= 4 is 5.97 Å². The number of hydrogen-bond acceptors (Lipinski definition) is 1. The quantitative estimate of drug-likeness (QED) is 0.198. The van der Waals surface area contributed by atoms with Gasteiger partial charge in [0.1, 0.15) is 0 Å². The molecule has 0 aromatic carbocycles. The fraction of sp³-hybridized carbons (Fsp3) is 0.870. The first-order valence-electron chi connectivity index (χ1n) is 11.0. The average Bonchev–Trinajstić information content (AvgIpc) is 2.60. The fourth-order valence-corrected chi connectivity index (χ4v) is 2.83. The molecular formula is C23H46O2. The second-order valence-electron chi connectivity index (χ2n) is 7.17. The fourth-order valence-electron chi connectivity index (χ4n) is 2.83. The molecule has 0 aromatic heterocycles.